The van der Waals surface area contributed by atoms with Gasteiger partial charge in [-0.3, -0.25) is 9.98 Å². The van der Waals surface area contributed by atoms with E-state index < -0.39 is 10.1 Å². The van der Waals surface area contributed by atoms with Gasteiger partial charge in [0.25, 0.3) is 10.1 Å². The van der Waals surface area contributed by atoms with Crippen LogP contribution in [0.3, 0.4) is 0 Å². The molecule has 8 heteroatoms. The molecule has 0 spiro atoms. The third-order valence-corrected chi connectivity index (χ3v) is 1.70. The van der Waals surface area contributed by atoms with Crippen LogP contribution < -0.4 is 16.6 Å². The molecule has 18 heavy (non-hydrogen) atoms. The Hall–Kier alpha value is -1.64. The number of amides is 2. The summed E-state index contributed by atoms with van der Waals surface area (Å²) in [4.78, 5) is 10.7. The molecular weight excluding hydrogens is 258 g/mol. The number of hydrogen-bond donors (Lipinski definition) is 4. The van der Waals surface area contributed by atoms with E-state index in [0.29, 0.717) is 12.8 Å². The summed E-state index contributed by atoms with van der Waals surface area (Å²) >= 11 is 0. The highest BCUT2D eigenvalue weighted by Gasteiger charge is 1.96. The van der Waals surface area contributed by atoms with Crippen LogP contribution in [0.1, 0.15) is 11.1 Å². The topological polar surface area (TPSA) is 122 Å². The first-order valence-corrected chi connectivity index (χ1v) is 6.79. The van der Waals surface area contributed by atoms with E-state index in [1.165, 1.54) is 5.56 Å². The fraction of sp³-hybridized carbons (Fsp3) is 0.300. The summed E-state index contributed by atoms with van der Waals surface area (Å²) in [5, 5.41) is 2.59. The molecule has 7 nitrogen and oxygen atoms in total. The molecule has 5 N–H and O–H groups in total. The highest BCUT2D eigenvalue weighted by atomic mass is 32.2. The van der Waals surface area contributed by atoms with Gasteiger partial charge >= 0.3 is 6.03 Å². The molecule has 1 aromatic rings. The van der Waals surface area contributed by atoms with Gasteiger partial charge in [-0.1, -0.05) is 29.8 Å². The highest BCUT2D eigenvalue weighted by Crippen LogP contribution is 2.01. The Bertz CT molecular complexity index is 462. The summed E-state index contributed by atoms with van der Waals surface area (Å²) in [5.74, 6) is 4.90. The van der Waals surface area contributed by atoms with Gasteiger partial charge in [0.05, 0.1) is 6.26 Å². The van der Waals surface area contributed by atoms with E-state index in [4.69, 9.17) is 10.4 Å². The van der Waals surface area contributed by atoms with E-state index >= 15 is 0 Å². The van der Waals surface area contributed by atoms with E-state index in [-0.39, 0.29) is 6.03 Å². The first-order chi connectivity index (χ1) is 8.22. The van der Waals surface area contributed by atoms with E-state index in [1.807, 2.05) is 36.6 Å². The van der Waals surface area contributed by atoms with Crippen molar-refractivity contribution in [3.8, 4) is 0 Å². The highest BCUT2D eigenvalue weighted by molar-refractivity contribution is 7.85. The van der Waals surface area contributed by atoms with Crippen molar-refractivity contribution in [2.45, 2.75) is 13.5 Å². The second kappa shape index (κ2) is 7.64. The number of hydrogen-bond acceptors (Lipinski definition) is 4. The lowest BCUT2D eigenvalue weighted by atomic mass is 10.1. The van der Waals surface area contributed by atoms with Crippen LogP contribution in [0.4, 0.5) is 4.79 Å². The van der Waals surface area contributed by atoms with Crippen molar-refractivity contribution in [2.75, 3.05) is 6.26 Å². The maximum absolute atomic E-state index is 10.7. The molecular formula is C10H17N3O4S. The number of carbonyl (C=O) groups is 1. The summed E-state index contributed by atoms with van der Waals surface area (Å²) in [6.07, 6.45) is 0.715. The SMILES string of the molecule is CS(=O)(=O)O.Cc1ccc(CNC(=O)NN)cc1. The van der Waals surface area contributed by atoms with Crippen LogP contribution in [0, 0.1) is 6.92 Å². The largest absolute Gasteiger partial charge is 0.333 e. The molecule has 2 amide bonds. The predicted octanol–water partition coefficient (Wildman–Crippen LogP) is 0.172. The normalized spacial score (nSPS) is 10.0. The van der Waals surface area contributed by atoms with Gasteiger partial charge in [0.1, 0.15) is 0 Å². The standard InChI is InChI=1S/C9H13N3O.CH4O3S/c1-7-2-4-8(5-3-7)6-11-9(13)12-10;1-5(2,3)4/h2-5H,6,10H2,1H3,(H2,11,12,13);1H3,(H,2,3,4). The Kier molecular flexibility index (Phi) is 6.94. The van der Waals surface area contributed by atoms with Gasteiger partial charge in [-0.15, -0.1) is 0 Å². The Balaban J connectivity index is 0.000000494. The van der Waals surface area contributed by atoms with Gasteiger partial charge < -0.3 is 5.32 Å². The molecule has 0 saturated heterocycles. The van der Waals surface area contributed by atoms with Gasteiger partial charge in [-0.2, -0.15) is 8.42 Å². The van der Waals surface area contributed by atoms with Crippen LogP contribution in [0.15, 0.2) is 24.3 Å². The van der Waals surface area contributed by atoms with Crippen molar-refractivity contribution in [3.05, 3.63) is 35.4 Å². The molecule has 0 saturated carbocycles. The second-order valence-electron chi connectivity index (χ2n) is 3.55. The minimum Gasteiger partial charge on any atom is -0.333 e. The van der Waals surface area contributed by atoms with E-state index in [2.05, 4.69) is 5.32 Å². The fourth-order valence-electron chi connectivity index (χ4n) is 0.939. The number of rotatable bonds is 2. The number of benzene rings is 1. The van der Waals surface area contributed by atoms with Crippen LogP contribution in [0.2, 0.25) is 0 Å². The third-order valence-electron chi connectivity index (χ3n) is 1.70. The molecule has 0 unspecified atom stereocenters. The van der Waals surface area contributed by atoms with Crippen LogP contribution >= 0.6 is 0 Å². The van der Waals surface area contributed by atoms with Crippen LogP contribution in [-0.4, -0.2) is 25.3 Å². The smallest absolute Gasteiger partial charge is 0.329 e. The zero-order valence-electron chi connectivity index (χ0n) is 10.2. The number of hydrazine groups is 1. The van der Waals surface area contributed by atoms with Gasteiger partial charge in [0, 0.05) is 6.54 Å². The maximum Gasteiger partial charge on any atom is 0.329 e. The van der Waals surface area contributed by atoms with Gasteiger partial charge in [0.15, 0.2) is 0 Å². The lowest BCUT2D eigenvalue weighted by Gasteiger charge is -2.03. The molecule has 1 aromatic carbocycles. The molecule has 0 radical (unpaired) electrons. The van der Waals surface area contributed by atoms with Crippen molar-refractivity contribution in [1.29, 1.82) is 0 Å². The van der Waals surface area contributed by atoms with Crippen molar-refractivity contribution in [3.63, 3.8) is 0 Å². The minimum atomic E-state index is -3.67. The predicted molar refractivity (Wildman–Crippen MR) is 68.2 cm³/mol. The molecule has 0 aliphatic heterocycles. The number of aryl methyl sites for hydroxylation is 1. The fourth-order valence-corrected chi connectivity index (χ4v) is 0.939. The summed E-state index contributed by atoms with van der Waals surface area (Å²) in [6.45, 7) is 2.51. The Morgan fingerprint density at radius 2 is 1.78 bits per heavy atom. The zero-order valence-corrected chi connectivity index (χ0v) is 11.0. The monoisotopic (exact) mass is 275 g/mol. The quantitative estimate of drug-likeness (QED) is 0.265. The zero-order chi connectivity index (χ0) is 14.2. The first kappa shape index (κ1) is 16.4. The van der Waals surface area contributed by atoms with Crippen molar-refractivity contribution in [2.24, 2.45) is 5.84 Å². The van der Waals surface area contributed by atoms with Gasteiger partial charge in [0.2, 0.25) is 0 Å². The first-order valence-electron chi connectivity index (χ1n) is 4.95. The number of carbonyl (C=O) groups excluding carboxylic acids is 1. The van der Waals surface area contributed by atoms with E-state index in [0.717, 1.165) is 5.56 Å². The summed E-state index contributed by atoms with van der Waals surface area (Å²) in [6, 6.07) is 7.55. The lowest BCUT2D eigenvalue weighted by molar-refractivity contribution is 0.241. The average molecular weight is 275 g/mol. The summed E-state index contributed by atoms with van der Waals surface area (Å²) < 4.78 is 25.9. The molecule has 0 atom stereocenters. The molecule has 0 fully saturated rings. The van der Waals surface area contributed by atoms with Crippen LogP contribution in [0.25, 0.3) is 0 Å². The van der Waals surface area contributed by atoms with E-state index in [9.17, 15) is 13.2 Å². The minimum absolute atomic E-state index is 0.374. The van der Waals surface area contributed by atoms with Crippen molar-refractivity contribution >= 4 is 16.1 Å². The molecule has 0 aliphatic carbocycles. The number of nitrogens with two attached hydrogens (primary N) is 1. The lowest BCUT2D eigenvalue weighted by Crippen LogP contribution is -2.39. The molecule has 0 bridgehead atoms. The van der Waals surface area contributed by atoms with Crippen molar-refractivity contribution < 1.29 is 17.8 Å². The molecule has 102 valence electrons. The van der Waals surface area contributed by atoms with Gasteiger partial charge in [-0.05, 0) is 12.5 Å². The Labute approximate surface area is 106 Å². The summed E-state index contributed by atoms with van der Waals surface area (Å²) in [7, 11) is -3.67. The Morgan fingerprint density at radius 3 is 2.17 bits per heavy atom. The maximum atomic E-state index is 10.7. The molecule has 0 aliphatic rings. The number of urea groups is 1. The third kappa shape index (κ3) is 10.9. The molecule has 0 heterocycles. The summed E-state index contributed by atoms with van der Waals surface area (Å²) in [5.41, 5.74) is 4.25. The van der Waals surface area contributed by atoms with Crippen LogP contribution in [0.5, 0.6) is 0 Å². The molecule has 1 rings (SSSR count). The number of nitrogens with one attached hydrogen (secondary N) is 2. The van der Waals surface area contributed by atoms with Crippen molar-refractivity contribution in [1.82, 2.24) is 10.7 Å². The average Bonchev–Trinajstić information content (AvgIpc) is 2.25. The second-order valence-corrected chi connectivity index (χ2v) is 5.01. The van der Waals surface area contributed by atoms with E-state index in [1.54, 1.807) is 0 Å². The Morgan fingerprint density at radius 1 is 1.33 bits per heavy atom. The van der Waals surface area contributed by atoms with Crippen LogP contribution in [-0.2, 0) is 16.7 Å². The molecule has 0 aromatic heterocycles. The van der Waals surface area contributed by atoms with Gasteiger partial charge in [-0.25, -0.2) is 10.6 Å².